The molecule has 94 valence electrons. The number of halogens is 2. The van der Waals surface area contributed by atoms with Crippen LogP contribution in [-0.4, -0.2) is 17.1 Å². The lowest BCUT2D eigenvalue weighted by molar-refractivity contribution is 0.415. The maximum atomic E-state index is 6.06. The van der Waals surface area contributed by atoms with E-state index in [0.29, 0.717) is 22.3 Å². The number of ether oxygens (including phenoxy) is 1. The summed E-state index contributed by atoms with van der Waals surface area (Å²) in [6.07, 6.45) is 0. The lowest BCUT2D eigenvalue weighted by Gasteiger charge is -2.09. The van der Waals surface area contributed by atoms with Gasteiger partial charge in [0.25, 0.3) is 0 Å². The van der Waals surface area contributed by atoms with E-state index in [1.165, 1.54) is 0 Å². The molecule has 0 saturated carbocycles. The van der Waals surface area contributed by atoms with Crippen molar-refractivity contribution in [3.8, 4) is 5.75 Å². The molecule has 0 amide bonds. The quantitative estimate of drug-likeness (QED) is 0.848. The molecule has 0 aliphatic carbocycles. The van der Waals surface area contributed by atoms with Crippen molar-refractivity contribution in [3.05, 3.63) is 34.4 Å². The highest BCUT2D eigenvalue weighted by atomic mass is 35.5. The molecule has 2 rings (SSSR count). The first-order valence-electron chi connectivity index (χ1n) is 4.99. The average molecular weight is 285 g/mol. The molecule has 1 aromatic heterocycles. The summed E-state index contributed by atoms with van der Waals surface area (Å²) in [4.78, 5) is 7.76. The van der Waals surface area contributed by atoms with Crippen LogP contribution in [0, 0.1) is 0 Å². The zero-order valence-electron chi connectivity index (χ0n) is 9.45. The van der Waals surface area contributed by atoms with Crippen molar-refractivity contribution in [2.75, 3.05) is 18.2 Å². The first-order valence-corrected chi connectivity index (χ1v) is 5.74. The Labute approximate surface area is 114 Å². The van der Waals surface area contributed by atoms with E-state index in [0.717, 1.165) is 0 Å². The van der Waals surface area contributed by atoms with E-state index >= 15 is 0 Å². The Morgan fingerprint density at radius 3 is 2.67 bits per heavy atom. The van der Waals surface area contributed by atoms with Crippen LogP contribution in [0.1, 0.15) is 0 Å². The molecule has 5 nitrogen and oxygen atoms in total. The lowest BCUT2D eigenvalue weighted by Crippen LogP contribution is -2.00. The monoisotopic (exact) mass is 284 g/mol. The Morgan fingerprint density at radius 2 is 2.00 bits per heavy atom. The molecule has 0 bridgehead atoms. The Kier molecular flexibility index (Phi) is 3.74. The number of aromatic nitrogens is 2. The molecule has 0 aliphatic rings. The van der Waals surface area contributed by atoms with Gasteiger partial charge in [-0.25, -0.2) is 4.98 Å². The molecule has 18 heavy (non-hydrogen) atoms. The second kappa shape index (κ2) is 5.29. The summed E-state index contributed by atoms with van der Waals surface area (Å²) in [7, 11) is 1.58. The summed E-state index contributed by atoms with van der Waals surface area (Å²) in [5.41, 5.74) is 6.15. The highest BCUT2D eigenvalue weighted by Crippen LogP contribution is 2.29. The maximum Gasteiger partial charge on any atom is 0.223 e. The van der Waals surface area contributed by atoms with Gasteiger partial charge in [0.15, 0.2) is 0 Å². The molecule has 1 heterocycles. The van der Waals surface area contributed by atoms with E-state index in [4.69, 9.17) is 33.7 Å². The van der Waals surface area contributed by atoms with Gasteiger partial charge in [0.1, 0.15) is 16.7 Å². The Balaban J connectivity index is 2.33. The van der Waals surface area contributed by atoms with Gasteiger partial charge in [-0.1, -0.05) is 23.2 Å². The van der Waals surface area contributed by atoms with Gasteiger partial charge in [-0.15, -0.1) is 0 Å². The van der Waals surface area contributed by atoms with Gasteiger partial charge < -0.3 is 15.8 Å². The summed E-state index contributed by atoms with van der Waals surface area (Å²) in [5.74, 6) is 1.22. The summed E-state index contributed by atoms with van der Waals surface area (Å²) in [5, 5.41) is 3.79. The predicted molar refractivity (Wildman–Crippen MR) is 72.7 cm³/mol. The number of nitrogens with zero attached hydrogens (tertiary/aromatic N) is 2. The Bertz CT molecular complexity index is 557. The van der Waals surface area contributed by atoms with Gasteiger partial charge in [0.05, 0.1) is 17.8 Å². The number of methoxy groups -OCH3 is 1. The van der Waals surface area contributed by atoms with Crippen LogP contribution in [0.2, 0.25) is 10.2 Å². The molecule has 0 saturated heterocycles. The molecule has 0 spiro atoms. The molecule has 0 atom stereocenters. The van der Waals surface area contributed by atoms with Gasteiger partial charge in [-0.2, -0.15) is 4.98 Å². The molecule has 2 aromatic rings. The number of hydrogen-bond acceptors (Lipinski definition) is 5. The lowest BCUT2D eigenvalue weighted by atomic mass is 10.3. The summed E-state index contributed by atoms with van der Waals surface area (Å²) >= 11 is 11.8. The number of nitrogen functional groups attached to an aromatic ring is 1. The fourth-order valence-electron chi connectivity index (χ4n) is 1.36. The van der Waals surface area contributed by atoms with E-state index < -0.39 is 0 Å². The first kappa shape index (κ1) is 12.7. The van der Waals surface area contributed by atoms with Crippen LogP contribution in [0.15, 0.2) is 24.3 Å². The maximum absolute atomic E-state index is 6.06. The summed E-state index contributed by atoms with van der Waals surface area (Å²) < 4.78 is 5.11. The minimum absolute atomic E-state index is 0.0871. The standard InChI is InChI=1S/C11H10Cl2N4O/c1-18-6-2-3-7(12)8(4-6)15-10-5-9(13)16-11(14)17-10/h2-5H,1H3,(H3,14,15,16,17). The van der Waals surface area contributed by atoms with Crippen molar-refractivity contribution in [3.63, 3.8) is 0 Å². The largest absolute Gasteiger partial charge is 0.497 e. The van der Waals surface area contributed by atoms with Gasteiger partial charge in [0.2, 0.25) is 5.95 Å². The molecule has 7 heteroatoms. The Morgan fingerprint density at radius 1 is 1.22 bits per heavy atom. The number of benzene rings is 1. The van der Waals surface area contributed by atoms with E-state index in [1.807, 2.05) is 0 Å². The van der Waals surface area contributed by atoms with E-state index in [1.54, 1.807) is 31.4 Å². The average Bonchev–Trinajstić information content (AvgIpc) is 2.30. The zero-order chi connectivity index (χ0) is 13.1. The van der Waals surface area contributed by atoms with Crippen molar-refractivity contribution in [1.82, 2.24) is 9.97 Å². The number of anilines is 3. The fraction of sp³-hybridized carbons (Fsp3) is 0.0909. The summed E-state index contributed by atoms with van der Waals surface area (Å²) in [6, 6.07) is 6.77. The van der Waals surface area contributed by atoms with Crippen molar-refractivity contribution < 1.29 is 4.74 Å². The Hall–Kier alpha value is -1.72. The van der Waals surface area contributed by atoms with Crippen LogP contribution >= 0.6 is 23.2 Å². The highest BCUT2D eigenvalue weighted by Gasteiger charge is 2.06. The second-order valence-electron chi connectivity index (χ2n) is 3.40. The van der Waals surface area contributed by atoms with Crippen LogP contribution in [0.4, 0.5) is 17.5 Å². The fourth-order valence-corrected chi connectivity index (χ4v) is 1.72. The van der Waals surface area contributed by atoms with Crippen LogP contribution < -0.4 is 15.8 Å². The van der Waals surface area contributed by atoms with Gasteiger partial charge in [0, 0.05) is 12.1 Å². The molecular weight excluding hydrogens is 275 g/mol. The van der Waals surface area contributed by atoms with E-state index in [-0.39, 0.29) is 11.1 Å². The molecule has 0 unspecified atom stereocenters. The third kappa shape index (κ3) is 2.94. The first-order chi connectivity index (χ1) is 8.58. The van der Waals surface area contributed by atoms with Gasteiger partial charge in [-0.05, 0) is 12.1 Å². The molecule has 3 N–H and O–H groups in total. The third-order valence-corrected chi connectivity index (χ3v) is 2.67. The summed E-state index contributed by atoms with van der Waals surface area (Å²) in [6.45, 7) is 0. The van der Waals surface area contributed by atoms with Gasteiger partial charge in [-0.3, -0.25) is 0 Å². The SMILES string of the molecule is COc1ccc(Cl)c(Nc2cc(Cl)nc(N)n2)c1. The molecular formula is C11H10Cl2N4O. The van der Waals surface area contributed by atoms with Crippen molar-refractivity contribution >= 4 is 40.7 Å². The van der Waals surface area contributed by atoms with Crippen LogP contribution in [0.3, 0.4) is 0 Å². The molecule has 0 aliphatic heterocycles. The zero-order valence-corrected chi connectivity index (χ0v) is 11.0. The number of nitrogens with one attached hydrogen (secondary N) is 1. The molecule has 0 radical (unpaired) electrons. The van der Waals surface area contributed by atoms with E-state index in [9.17, 15) is 0 Å². The van der Waals surface area contributed by atoms with Gasteiger partial charge >= 0.3 is 0 Å². The second-order valence-corrected chi connectivity index (χ2v) is 4.20. The molecule has 0 fully saturated rings. The number of rotatable bonds is 3. The minimum Gasteiger partial charge on any atom is -0.497 e. The number of hydrogen-bond donors (Lipinski definition) is 2. The minimum atomic E-state index is 0.0871. The normalized spacial score (nSPS) is 10.2. The predicted octanol–water partition coefficient (Wildman–Crippen LogP) is 3.12. The molecule has 1 aromatic carbocycles. The topological polar surface area (TPSA) is 73.1 Å². The third-order valence-electron chi connectivity index (χ3n) is 2.15. The number of nitrogens with two attached hydrogens (primary N) is 1. The van der Waals surface area contributed by atoms with Crippen LogP contribution in [-0.2, 0) is 0 Å². The van der Waals surface area contributed by atoms with Crippen molar-refractivity contribution in [2.24, 2.45) is 0 Å². The van der Waals surface area contributed by atoms with E-state index in [2.05, 4.69) is 15.3 Å². The smallest absolute Gasteiger partial charge is 0.223 e. The van der Waals surface area contributed by atoms with Crippen molar-refractivity contribution in [1.29, 1.82) is 0 Å². The highest BCUT2D eigenvalue weighted by molar-refractivity contribution is 6.33. The van der Waals surface area contributed by atoms with Crippen LogP contribution in [0.5, 0.6) is 5.75 Å². The van der Waals surface area contributed by atoms with Crippen LogP contribution in [0.25, 0.3) is 0 Å². The van der Waals surface area contributed by atoms with Crippen molar-refractivity contribution in [2.45, 2.75) is 0 Å².